The predicted octanol–water partition coefficient (Wildman–Crippen LogP) is 0.817. The lowest BCUT2D eigenvalue weighted by Crippen LogP contribution is -2.41. The predicted molar refractivity (Wildman–Crippen MR) is 75.6 cm³/mol. The highest BCUT2D eigenvalue weighted by atomic mass is 32.2. The third-order valence-electron chi connectivity index (χ3n) is 4.04. The first kappa shape index (κ1) is 15.2. The van der Waals surface area contributed by atoms with Crippen molar-refractivity contribution in [2.75, 3.05) is 39.1 Å². The van der Waals surface area contributed by atoms with Crippen LogP contribution in [0.3, 0.4) is 0 Å². The van der Waals surface area contributed by atoms with E-state index in [0.717, 1.165) is 26.0 Å². The maximum absolute atomic E-state index is 11.5. The molecule has 2 heterocycles. The van der Waals surface area contributed by atoms with Crippen molar-refractivity contribution in [1.29, 1.82) is 0 Å². The third-order valence-corrected chi connectivity index (χ3v) is 5.31. The van der Waals surface area contributed by atoms with Crippen LogP contribution in [0.5, 0.6) is 0 Å². The van der Waals surface area contributed by atoms with Gasteiger partial charge in [0.05, 0.1) is 19.5 Å². The molecule has 2 fully saturated rings. The van der Waals surface area contributed by atoms with Gasteiger partial charge in [-0.25, -0.2) is 12.7 Å². The molecule has 0 bridgehead atoms. The lowest BCUT2D eigenvalue weighted by Gasteiger charge is -2.31. The van der Waals surface area contributed by atoms with Gasteiger partial charge in [-0.05, 0) is 38.1 Å². The molecule has 2 unspecified atom stereocenters. The van der Waals surface area contributed by atoms with Crippen LogP contribution in [-0.4, -0.2) is 57.9 Å². The Morgan fingerprint density at radius 3 is 2.74 bits per heavy atom. The summed E-state index contributed by atoms with van der Waals surface area (Å²) in [5.74, 6) is 0.354. The quantitative estimate of drug-likeness (QED) is 0.814. The molecule has 0 spiro atoms. The molecule has 2 rings (SSSR count). The standard InChI is InChI=1S/C13H26N2O3S/c1-19(16,17)15-8-4-5-12(9-15)10-18-11-13-6-2-3-7-14-13/h12-14H,2-11H2,1H3. The number of nitrogens with one attached hydrogen (secondary N) is 1. The van der Waals surface area contributed by atoms with E-state index in [0.29, 0.717) is 31.7 Å². The summed E-state index contributed by atoms with van der Waals surface area (Å²) in [6.45, 7) is 3.83. The van der Waals surface area contributed by atoms with E-state index in [2.05, 4.69) is 5.32 Å². The SMILES string of the molecule is CS(=O)(=O)N1CCCC(COCC2CCCCN2)C1. The zero-order valence-electron chi connectivity index (χ0n) is 11.8. The van der Waals surface area contributed by atoms with Gasteiger partial charge in [-0.2, -0.15) is 0 Å². The van der Waals surface area contributed by atoms with Crippen molar-refractivity contribution >= 4 is 10.0 Å². The number of hydrogen-bond donors (Lipinski definition) is 1. The van der Waals surface area contributed by atoms with Gasteiger partial charge < -0.3 is 10.1 Å². The smallest absolute Gasteiger partial charge is 0.211 e. The molecule has 0 aliphatic carbocycles. The monoisotopic (exact) mass is 290 g/mol. The van der Waals surface area contributed by atoms with E-state index in [1.807, 2.05) is 0 Å². The Bertz CT molecular complexity index is 366. The summed E-state index contributed by atoms with van der Waals surface area (Å²) in [4.78, 5) is 0. The van der Waals surface area contributed by atoms with Crippen molar-refractivity contribution in [3.05, 3.63) is 0 Å². The first-order chi connectivity index (χ1) is 9.05. The fraction of sp³-hybridized carbons (Fsp3) is 1.00. The summed E-state index contributed by atoms with van der Waals surface area (Å²) in [6, 6.07) is 0.489. The fourth-order valence-corrected chi connectivity index (χ4v) is 3.85. The molecule has 1 N–H and O–H groups in total. The van der Waals surface area contributed by atoms with Crippen LogP contribution in [0.4, 0.5) is 0 Å². The average Bonchev–Trinajstić information content (AvgIpc) is 2.39. The Kier molecular flexibility index (Phi) is 5.62. The molecule has 112 valence electrons. The zero-order chi connectivity index (χ0) is 13.7. The topological polar surface area (TPSA) is 58.6 Å². The number of nitrogens with zero attached hydrogens (tertiary/aromatic N) is 1. The number of hydrogen-bond acceptors (Lipinski definition) is 4. The van der Waals surface area contributed by atoms with Gasteiger partial charge in [0.2, 0.25) is 10.0 Å². The molecular weight excluding hydrogens is 264 g/mol. The van der Waals surface area contributed by atoms with Crippen LogP contribution in [0, 0.1) is 5.92 Å². The van der Waals surface area contributed by atoms with Gasteiger partial charge in [0.15, 0.2) is 0 Å². The van der Waals surface area contributed by atoms with Crippen molar-refractivity contribution in [1.82, 2.24) is 9.62 Å². The van der Waals surface area contributed by atoms with Gasteiger partial charge >= 0.3 is 0 Å². The van der Waals surface area contributed by atoms with Gasteiger partial charge in [-0.15, -0.1) is 0 Å². The molecule has 0 amide bonds. The lowest BCUT2D eigenvalue weighted by molar-refractivity contribution is 0.0589. The van der Waals surface area contributed by atoms with Crippen LogP contribution in [-0.2, 0) is 14.8 Å². The van der Waals surface area contributed by atoms with E-state index < -0.39 is 10.0 Å². The summed E-state index contributed by atoms with van der Waals surface area (Å²) < 4.78 is 30.4. The van der Waals surface area contributed by atoms with E-state index in [-0.39, 0.29) is 0 Å². The number of rotatable bonds is 5. The molecule has 0 saturated carbocycles. The molecule has 19 heavy (non-hydrogen) atoms. The van der Waals surface area contributed by atoms with Gasteiger partial charge in [0, 0.05) is 19.1 Å². The normalized spacial score (nSPS) is 30.4. The largest absolute Gasteiger partial charge is 0.379 e. The molecule has 2 saturated heterocycles. The maximum atomic E-state index is 11.5. The van der Waals surface area contributed by atoms with Gasteiger partial charge in [0.25, 0.3) is 0 Å². The Balaban J connectivity index is 1.67. The second-order valence-electron chi connectivity index (χ2n) is 5.81. The molecular formula is C13H26N2O3S. The summed E-state index contributed by atoms with van der Waals surface area (Å²) in [6.07, 6.45) is 7.06. The first-order valence-corrected chi connectivity index (χ1v) is 9.17. The second kappa shape index (κ2) is 7.02. The lowest BCUT2D eigenvalue weighted by atomic mass is 10.0. The second-order valence-corrected chi connectivity index (χ2v) is 7.80. The highest BCUT2D eigenvalue weighted by Gasteiger charge is 2.26. The van der Waals surface area contributed by atoms with Crippen LogP contribution < -0.4 is 5.32 Å². The summed E-state index contributed by atoms with van der Waals surface area (Å²) >= 11 is 0. The van der Waals surface area contributed by atoms with Crippen LogP contribution in [0.15, 0.2) is 0 Å². The average molecular weight is 290 g/mol. The minimum Gasteiger partial charge on any atom is -0.379 e. The van der Waals surface area contributed by atoms with Crippen molar-refractivity contribution in [3.8, 4) is 0 Å². The first-order valence-electron chi connectivity index (χ1n) is 7.32. The van der Waals surface area contributed by atoms with Crippen molar-refractivity contribution in [3.63, 3.8) is 0 Å². The number of ether oxygens (including phenoxy) is 1. The molecule has 2 atom stereocenters. The zero-order valence-corrected chi connectivity index (χ0v) is 12.6. The van der Waals surface area contributed by atoms with Gasteiger partial charge in [-0.3, -0.25) is 0 Å². The van der Waals surface area contributed by atoms with Gasteiger partial charge in [0.1, 0.15) is 0 Å². The van der Waals surface area contributed by atoms with Crippen molar-refractivity contribution in [2.24, 2.45) is 5.92 Å². The highest BCUT2D eigenvalue weighted by Crippen LogP contribution is 2.19. The minimum absolute atomic E-state index is 0.354. The Morgan fingerprint density at radius 2 is 2.05 bits per heavy atom. The Morgan fingerprint density at radius 1 is 1.21 bits per heavy atom. The molecule has 2 aliphatic heterocycles. The van der Waals surface area contributed by atoms with E-state index in [4.69, 9.17) is 4.74 Å². The van der Waals surface area contributed by atoms with Crippen molar-refractivity contribution in [2.45, 2.75) is 38.1 Å². The Labute approximate surface area is 116 Å². The molecule has 2 aliphatic rings. The molecule has 5 nitrogen and oxygen atoms in total. The number of piperidine rings is 2. The molecule has 0 radical (unpaired) electrons. The summed E-state index contributed by atoms with van der Waals surface area (Å²) in [5.41, 5.74) is 0. The molecule has 0 aromatic carbocycles. The van der Waals surface area contributed by atoms with E-state index >= 15 is 0 Å². The minimum atomic E-state index is -3.04. The number of sulfonamides is 1. The summed E-state index contributed by atoms with van der Waals surface area (Å²) in [7, 11) is -3.04. The molecule has 0 aromatic rings. The van der Waals surface area contributed by atoms with E-state index in [9.17, 15) is 8.42 Å². The highest BCUT2D eigenvalue weighted by molar-refractivity contribution is 7.88. The van der Waals surface area contributed by atoms with Crippen LogP contribution >= 0.6 is 0 Å². The van der Waals surface area contributed by atoms with Crippen LogP contribution in [0.2, 0.25) is 0 Å². The van der Waals surface area contributed by atoms with E-state index in [1.54, 1.807) is 4.31 Å². The van der Waals surface area contributed by atoms with E-state index in [1.165, 1.54) is 25.5 Å². The van der Waals surface area contributed by atoms with Crippen LogP contribution in [0.25, 0.3) is 0 Å². The van der Waals surface area contributed by atoms with Gasteiger partial charge in [-0.1, -0.05) is 6.42 Å². The summed E-state index contributed by atoms with van der Waals surface area (Å²) in [5, 5.41) is 3.46. The third kappa shape index (κ3) is 5.02. The molecule has 6 heteroatoms. The Hall–Kier alpha value is -0.170. The molecule has 0 aromatic heterocycles. The fourth-order valence-electron chi connectivity index (χ4n) is 2.91. The van der Waals surface area contributed by atoms with Crippen LogP contribution in [0.1, 0.15) is 32.1 Å². The maximum Gasteiger partial charge on any atom is 0.211 e. The van der Waals surface area contributed by atoms with Crippen molar-refractivity contribution < 1.29 is 13.2 Å².